The summed E-state index contributed by atoms with van der Waals surface area (Å²) < 4.78 is 4.84. The molecule has 7 nitrogen and oxygen atoms in total. The van der Waals surface area contributed by atoms with E-state index in [1.807, 2.05) is 23.1 Å². The Hall–Kier alpha value is -3.22. The van der Waals surface area contributed by atoms with Crippen LogP contribution in [0.25, 0.3) is 11.1 Å². The smallest absolute Gasteiger partial charge is 0.308 e. The number of methoxy groups -OCH3 is 1. The first kappa shape index (κ1) is 19.1. The van der Waals surface area contributed by atoms with E-state index < -0.39 is 4.92 Å². The summed E-state index contributed by atoms with van der Waals surface area (Å²) in [5.74, 6) is -0.206. The van der Waals surface area contributed by atoms with Crippen molar-refractivity contribution in [1.29, 1.82) is 0 Å². The second-order valence-corrected chi connectivity index (χ2v) is 7.64. The molecule has 2 aliphatic rings. The third kappa shape index (κ3) is 3.60. The number of carbonyl (C=O) groups is 2. The van der Waals surface area contributed by atoms with E-state index in [-0.39, 0.29) is 29.5 Å². The van der Waals surface area contributed by atoms with E-state index in [1.54, 1.807) is 12.1 Å². The Kier molecular flexibility index (Phi) is 5.05. The van der Waals surface area contributed by atoms with Crippen LogP contribution in [0.5, 0.6) is 0 Å². The molecular formula is C22H22N2O5. The molecule has 0 N–H and O–H groups in total. The molecule has 1 saturated carbocycles. The molecule has 0 atom stereocenters. The van der Waals surface area contributed by atoms with Crippen molar-refractivity contribution in [1.82, 2.24) is 4.90 Å². The highest BCUT2D eigenvalue weighted by molar-refractivity contribution is 5.99. The van der Waals surface area contributed by atoms with Crippen LogP contribution in [0.3, 0.4) is 0 Å². The number of esters is 1. The SMILES string of the molecule is COC(=O)C1CCC(N2Cc3ccc(-c4ccc([N+](=O)[O-])cc4)cc3C2=O)CC1. The minimum Gasteiger partial charge on any atom is -0.469 e. The molecule has 2 aromatic rings. The summed E-state index contributed by atoms with van der Waals surface area (Å²) in [5.41, 5.74) is 3.43. The first-order valence-electron chi connectivity index (χ1n) is 9.74. The maximum absolute atomic E-state index is 13.0. The van der Waals surface area contributed by atoms with Crippen LogP contribution in [0.2, 0.25) is 0 Å². The van der Waals surface area contributed by atoms with Crippen molar-refractivity contribution in [3.63, 3.8) is 0 Å². The van der Waals surface area contributed by atoms with Crippen molar-refractivity contribution in [2.24, 2.45) is 5.92 Å². The molecule has 1 aliphatic heterocycles. The highest BCUT2D eigenvalue weighted by Gasteiger charge is 2.36. The van der Waals surface area contributed by atoms with E-state index in [1.165, 1.54) is 19.2 Å². The predicted octanol–water partition coefficient (Wildman–Crippen LogP) is 3.95. The van der Waals surface area contributed by atoms with Crippen LogP contribution in [-0.2, 0) is 16.1 Å². The number of hydrogen-bond donors (Lipinski definition) is 0. The van der Waals surface area contributed by atoms with E-state index in [0.29, 0.717) is 12.1 Å². The third-order valence-corrected chi connectivity index (χ3v) is 6.03. The zero-order valence-corrected chi connectivity index (χ0v) is 16.2. The van der Waals surface area contributed by atoms with Gasteiger partial charge >= 0.3 is 5.97 Å². The van der Waals surface area contributed by atoms with Crippen molar-refractivity contribution in [3.8, 4) is 11.1 Å². The molecule has 1 fully saturated rings. The van der Waals surface area contributed by atoms with E-state index in [0.717, 1.165) is 42.4 Å². The lowest BCUT2D eigenvalue weighted by molar-refractivity contribution is -0.384. The molecule has 0 spiro atoms. The fourth-order valence-electron chi connectivity index (χ4n) is 4.36. The molecule has 0 aromatic heterocycles. The Balaban J connectivity index is 1.49. The molecule has 29 heavy (non-hydrogen) atoms. The lowest BCUT2D eigenvalue weighted by Gasteiger charge is -2.33. The van der Waals surface area contributed by atoms with E-state index in [9.17, 15) is 19.7 Å². The molecule has 0 bridgehead atoms. The molecule has 2 aromatic carbocycles. The summed E-state index contributed by atoms with van der Waals surface area (Å²) >= 11 is 0. The standard InChI is InChI=1S/C22H22N2O5/c1-29-22(26)15-6-8-18(9-7-15)23-13-17-3-2-16(12-20(17)21(23)25)14-4-10-19(11-5-14)24(27)28/h2-5,10-12,15,18H,6-9,13H2,1H3. The normalized spacial score (nSPS) is 21.0. The molecule has 0 unspecified atom stereocenters. The number of nitro benzene ring substituents is 1. The monoisotopic (exact) mass is 394 g/mol. The molecule has 0 saturated heterocycles. The Bertz CT molecular complexity index is 962. The van der Waals surface area contributed by atoms with Gasteiger partial charge in [-0.25, -0.2) is 0 Å². The molecule has 1 heterocycles. The molecule has 1 amide bonds. The lowest BCUT2D eigenvalue weighted by atomic mass is 9.85. The number of nitrogens with zero attached hydrogens (tertiary/aromatic N) is 2. The van der Waals surface area contributed by atoms with E-state index >= 15 is 0 Å². The third-order valence-electron chi connectivity index (χ3n) is 6.03. The van der Waals surface area contributed by atoms with Crippen LogP contribution in [0.1, 0.15) is 41.6 Å². The number of amides is 1. The average Bonchev–Trinajstić information content (AvgIpc) is 3.09. The van der Waals surface area contributed by atoms with Gasteiger partial charge in [0, 0.05) is 30.3 Å². The molecule has 0 radical (unpaired) electrons. The van der Waals surface area contributed by atoms with Crippen LogP contribution in [-0.4, -0.2) is 34.9 Å². The number of non-ortho nitro benzene ring substituents is 1. The first-order chi connectivity index (χ1) is 14.0. The minimum atomic E-state index is -0.428. The molecule has 150 valence electrons. The maximum Gasteiger partial charge on any atom is 0.308 e. The average molecular weight is 394 g/mol. The van der Waals surface area contributed by atoms with Gasteiger partial charge in [0.25, 0.3) is 11.6 Å². The number of benzene rings is 2. The van der Waals surface area contributed by atoms with Crippen molar-refractivity contribution in [3.05, 3.63) is 63.7 Å². The fourth-order valence-corrected chi connectivity index (χ4v) is 4.36. The van der Waals surface area contributed by atoms with Gasteiger partial charge in [0.15, 0.2) is 0 Å². The second-order valence-electron chi connectivity index (χ2n) is 7.64. The summed E-state index contributed by atoms with van der Waals surface area (Å²) in [4.78, 5) is 37.1. The lowest BCUT2D eigenvalue weighted by Crippen LogP contribution is -2.39. The Morgan fingerprint density at radius 3 is 2.34 bits per heavy atom. The summed E-state index contributed by atoms with van der Waals surface area (Å²) in [7, 11) is 1.41. The van der Waals surface area contributed by atoms with Crippen LogP contribution in [0.4, 0.5) is 5.69 Å². The zero-order valence-electron chi connectivity index (χ0n) is 16.2. The fraction of sp³-hybridized carbons (Fsp3) is 0.364. The van der Waals surface area contributed by atoms with Gasteiger partial charge in [-0.3, -0.25) is 19.7 Å². The molecular weight excluding hydrogens is 372 g/mol. The highest BCUT2D eigenvalue weighted by atomic mass is 16.6. The first-order valence-corrected chi connectivity index (χ1v) is 9.74. The predicted molar refractivity (Wildman–Crippen MR) is 106 cm³/mol. The van der Waals surface area contributed by atoms with Gasteiger partial charge in [-0.05, 0) is 60.6 Å². The Morgan fingerprint density at radius 1 is 1.07 bits per heavy atom. The van der Waals surface area contributed by atoms with Gasteiger partial charge in [0.1, 0.15) is 0 Å². The number of ether oxygens (including phenoxy) is 1. The Morgan fingerprint density at radius 2 is 1.72 bits per heavy atom. The van der Waals surface area contributed by atoms with Crippen LogP contribution in [0.15, 0.2) is 42.5 Å². The zero-order chi connectivity index (χ0) is 20.5. The van der Waals surface area contributed by atoms with Gasteiger partial charge in [-0.2, -0.15) is 0 Å². The van der Waals surface area contributed by atoms with Gasteiger partial charge in [-0.15, -0.1) is 0 Å². The molecule has 7 heteroatoms. The number of carbonyl (C=O) groups excluding carboxylic acids is 2. The van der Waals surface area contributed by atoms with Crippen molar-refractivity contribution >= 4 is 17.6 Å². The minimum absolute atomic E-state index is 0.0188. The van der Waals surface area contributed by atoms with E-state index in [2.05, 4.69) is 0 Å². The quantitative estimate of drug-likeness (QED) is 0.445. The van der Waals surface area contributed by atoms with Crippen LogP contribution >= 0.6 is 0 Å². The largest absolute Gasteiger partial charge is 0.469 e. The summed E-state index contributed by atoms with van der Waals surface area (Å²) in [5, 5.41) is 10.8. The van der Waals surface area contributed by atoms with Gasteiger partial charge in [-0.1, -0.05) is 12.1 Å². The summed E-state index contributed by atoms with van der Waals surface area (Å²) in [6.07, 6.45) is 3.08. The second kappa shape index (κ2) is 7.66. The molecule has 1 aliphatic carbocycles. The molecule has 4 rings (SSSR count). The number of rotatable bonds is 4. The summed E-state index contributed by atoms with van der Waals surface area (Å²) in [6, 6.07) is 12.3. The summed E-state index contributed by atoms with van der Waals surface area (Å²) in [6.45, 7) is 0.586. The number of hydrogen-bond acceptors (Lipinski definition) is 5. The van der Waals surface area contributed by atoms with Crippen LogP contribution in [0, 0.1) is 16.0 Å². The Labute approximate surface area is 168 Å². The highest BCUT2D eigenvalue weighted by Crippen LogP contribution is 2.35. The van der Waals surface area contributed by atoms with Crippen molar-refractivity contribution in [2.45, 2.75) is 38.3 Å². The number of nitro groups is 1. The van der Waals surface area contributed by atoms with Gasteiger partial charge < -0.3 is 9.64 Å². The van der Waals surface area contributed by atoms with Crippen molar-refractivity contribution < 1.29 is 19.2 Å². The number of fused-ring (bicyclic) bond motifs is 1. The maximum atomic E-state index is 13.0. The van der Waals surface area contributed by atoms with Gasteiger partial charge in [0.2, 0.25) is 0 Å². The topological polar surface area (TPSA) is 89.8 Å². The van der Waals surface area contributed by atoms with Crippen molar-refractivity contribution in [2.75, 3.05) is 7.11 Å². The van der Waals surface area contributed by atoms with E-state index in [4.69, 9.17) is 4.74 Å². The van der Waals surface area contributed by atoms with Crippen LogP contribution < -0.4 is 0 Å². The van der Waals surface area contributed by atoms with Gasteiger partial charge in [0.05, 0.1) is 18.0 Å².